The Bertz CT molecular complexity index is 289. The maximum atomic E-state index is 11.5. The zero-order chi connectivity index (χ0) is 9.64. The normalized spacial score (nSPS) is 37.9. The van der Waals surface area contributed by atoms with Crippen molar-refractivity contribution in [3.63, 3.8) is 0 Å². The second-order valence-electron chi connectivity index (χ2n) is 4.22. The molecule has 13 heavy (non-hydrogen) atoms. The lowest BCUT2D eigenvalue weighted by Gasteiger charge is -2.10. The van der Waals surface area contributed by atoms with Crippen LogP contribution in [0.15, 0.2) is 0 Å². The number of hydrogen-bond donors (Lipinski definition) is 2. The zero-order valence-corrected chi connectivity index (χ0v) is 8.76. The van der Waals surface area contributed by atoms with Crippen LogP contribution in [0, 0.1) is 11.8 Å². The van der Waals surface area contributed by atoms with Crippen LogP contribution in [0.25, 0.3) is 0 Å². The fourth-order valence-electron chi connectivity index (χ4n) is 1.92. The van der Waals surface area contributed by atoms with Gasteiger partial charge in [-0.25, -0.2) is 13.1 Å². The third-order valence-corrected chi connectivity index (χ3v) is 4.85. The molecule has 1 aliphatic carbocycles. The van der Waals surface area contributed by atoms with Crippen molar-refractivity contribution < 1.29 is 8.42 Å². The summed E-state index contributed by atoms with van der Waals surface area (Å²) in [6.07, 6.45) is 0. The molecule has 0 aromatic rings. The molecule has 5 heteroatoms. The summed E-state index contributed by atoms with van der Waals surface area (Å²) in [5.41, 5.74) is 0. The van der Waals surface area contributed by atoms with Gasteiger partial charge in [0, 0.05) is 6.04 Å². The second kappa shape index (κ2) is 2.93. The lowest BCUT2D eigenvalue weighted by atomic mass is 10.4. The van der Waals surface area contributed by atoms with Gasteiger partial charge in [-0.1, -0.05) is 0 Å². The summed E-state index contributed by atoms with van der Waals surface area (Å²) >= 11 is 0. The van der Waals surface area contributed by atoms with Crippen molar-refractivity contribution in [1.29, 1.82) is 0 Å². The topological polar surface area (TPSA) is 58.2 Å². The molecule has 2 unspecified atom stereocenters. The van der Waals surface area contributed by atoms with Gasteiger partial charge in [-0.3, -0.25) is 0 Å². The van der Waals surface area contributed by atoms with Crippen LogP contribution in [0.3, 0.4) is 0 Å². The van der Waals surface area contributed by atoms with E-state index in [0.717, 1.165) is 13.1 Å². The third kappa shape index (κ3) is 1.60. The van der Waals surface area contributed by atoms with E-state index < -0.39 is 10.0 Å². The van der Waals surface area contributed by atoms with Crippen LogP contribution >= 0.6 is 0 Å². The van der Waals surface area contributed by atoms with Gasteiger partial charge >= 0.3 is 0 Å². The predicted octanol–water partition coefficient (Wildman–Crippen LogP) is -0.468. The molecule has 1 saturated carbocycles. The first-order chi connectivity index (χ1) is 6.02. The van der Waals surface area contributed by atoms with E-state index in [4.69, 9.17) is 0 Å². The van der Waals surface area contributed by atoms with Crippen LogP contribution in [-0.4, -0.2) is 32.8 Å². The van der Waals surface area contributed by atoms with E-state index in [9.17, 15) is 8.42 Å². The van der Waals surface area contributed by atoms with Gasteiger partial charge in [0.25, 0.3) is 0 Å². The molecule has 0 aromatic carbocycles. The van der Waals surface area contributed by atoms with Crippen molar-refractivity contribution in [2.24, 2.45) is 11.8 Å². The van der Waals surface area contributed by atoms with Gasteiger partial charge in [-0.15, -0.1) is 0 Å². The van der Waals surface area contributed by atoms with Gasteiger partial charge < -0.3 is 5.32 Å². The Labute approximate surface area is 79.1 Å². The van der Waals surface area contributed by atoms with Crippen molar-refractivity contribution >= 4 is 10.0 Å². The van der Waals surface area contributed by atoms with Crippen LogP contribution in [0.2, 0.25) is 0 Å². The molecular weight excluding hydrogens is 188 g/mol. The Morgan fingerprint density at radius 1 is 1.31 bits per heavy atom. The molecular formula is C8H16N2O2S. The lowest BCUT2D eigenvalue weighted by Crippen LogP contribution is -2.36. The SMILES string of the molecule is CC(C)S(=O)(=O)NC1C2CNC[C@@H]21. The van der Waals surface area contributed by atoms with Gasteiger partial charge in [0.2, 0.25) is 10.0 Å². The van der Waals surface area contributed by atoms with E-state index in [2.05, 4.69) is 10.0 Å². The minimum atomic E-state index is -3.05. The van der Waals surface area contributed by atoms with Crippen molar-refractivity contribution in [3.05, 3.63) is 0 Å². The van der Waals surface area contributed by atoms with E-state index in [-0.39, 0.29) is 11.3 Å². The number of hydrogen-bond acceptors (Lipinski definition) is 3. The van der Waals surface area contributed by atoms with Crippen molar-refractivity contribution in [2.45, 2.75) is 25.1 Å². The van der Waals surface area contributed by atoms with Gasteiger partial charge in [0.15, 0.2) is 0 Å². The first kappa shape index (κ1) is 9.43. The maximum Gasteiger partial charge on any atom is 0.214 e. The quantitative estimate of drug-likeness (QED) is 0.653. The number of nitrogens with one attached hydrogen (secondary N) is 2. The molecule has 76 valence electrons. The molecule has 1 aliphatic heterocycles. The van der Waals surface area contributed by atoms with Crippen LogP contribution < -0.4 is 10.0 Å². The van der Waals surface area contributed by atoms with E-state index >= 15 is 0 Å². The molecule has 2 rings (SSSR count). The maximum absolute atomic E-state index is 11.5. The number of fused-ring (bicyclic) bond motifs is 1. The summed E-state index contributed by atoms with van der Waals surface area (Å²) in [6.45, 7) is 5.35. The molecule has 3 atom stereocenters. The fourth-order valence-corrected chi connectivity index (χ4v) is 2.92. The van der Waals surface area contributed by atoms with Crippen molar-refractivity contribution in [2.75, 3.05) is 13.1 Å². The monoisotopic (exact) mass is 204 g/mol. The Hall–Kier alpha value is -0.130. The first-order valence-electron chi connectivity index (χ1n) is 4.74. The second-order valence-corrected chi connectivity index (χ2v) is 6.49. The van der Waals surface area contributed by atoms with Gasteiger partial charge in [-0.2, -0.15) is 0 Å². The lowest BCUT2D eigenvalue weighted by molar-refractivity contribution is 0.557. The molecule has 4 nitrogen and oxygen atoms in total. The average Bonchev–Trinajstić information content (AvgIpc) is 2.49. The Morgan fingerprint density at radius 2 is 1.85 bits per heavy atom. The molecule has 0 bridgehead atoms. The Kier molecular flexibility index (Phi) is 2.13. The number of piperidine rings is 1. The van der Waals surface area contributed by atoms with E-state index in [1.165, 1.54) is 0 Å². The van der Waals surface area contributed by atoms with E-state index in [1.54, 1.807) is 13.8 Å². The van der Waals surface area contributed by atoms with Crippen LogP contribution in [0.5, 0.6) is 0 Å². The molecule has 0 spiro atoms. The minimum Gasteiger partial charge on any atom is -0.316 e. The zero-order valence-electron chi connectivity index (χ0n) is 7.95. The van der Waals surface area contributed by atoms with E-state index in [1.807, 2.05) is 0 Å². The van der Waals surface area contributed by atoms with Crippen LogP contribution in [0.1, 0.15) is 13.8 Å². The van der Waals surface area contributed by atoms with Gasteiger partial charge in [0.05, 0.1) is 5.25 Å². The highest BCUT2D eigenvalue weighted by Crippen LogP contribution is 2.42. The predicted molar refractivity (Wildman–Crippen MR) is 50.8 cm³/mol. The van der Waals surface area contributed by atoms with Crippen LogP contribution in [0.4, 0.5) is 0 Å². The molecule has 0 amide bonds. The molecule has 1 heterocycles. The van der Waals surface area contributed by atoms with Gasteiger partial charge in [0.1, 0.15) is 0 Å². The van der Waals surface area contributed by atoms with Crippen molar-refractivity contribution in [1.82, 2.24) is 10.0 Å². The highest BCUT2D eigenvalue weighted by molar-refractivity contribution is 7.90. The largest absolute Gasteiger partial charge is 0.316 e. The summed E-state index contributed by atoms with van der Waals surface area (Å²) in [7, 11) is -3.05. The highest BCUT2D eigenvalue weighted by Gasteiger charge is 2.54. The number of sulfonamides is 1. The first-order valence-corrected chi connectivity index (χ1v) is 6.29. The standard InChI is InChI=1S/C8H16N2O2S/c1-5(2)13(11,12)10-8-6-3-9-4-7(6)8/h5-10H,3-4H2,1-2H3/t6-,7?,8?/m0/s1. The summed E-state index contributed by atoms with van der Waals surface area (Å²) in [4.78, 5) is 0. The molecule has 1 saturated heterocycles. The van der Waals surface area contributed by atoms with E-state index in [0.29, 0.717) is 11.8 Å². The van der Waals surface area contributed by atoms with Crippen LogP contribution in [-0.2, 0) is 10.0 Å². The van der Waals surface area contributed by atoms with Crippen molar-refractivity contribution in [3.8, 4) is 0 Å². The molecule has 2 aliphatic rings. The Balaban J connectivity index is 1.94. The smallest absolute Gasteiger partial charge is 0.214 e. The summed E-state index contributed by atoms with van der Waals surface area (Å²) in [5.74, 6) is 1.10. The number of rotatable bonds is 3. The molecule has 0 radical (unpaired) electrons. The average molecular weight is 204 g/mol. The minimum absolute atomic E-state index is 0.216. The summed E-state index contributed by atoms with van der Waals surface area (Å²) in [5, 5.41) is 2.91. The summed E-state index contributed by atoms with van der Waals surface area (Å²) in [6, 6.07) is 0.216. The fraction of sp³-hybridized carbons (Fsp3) is 1.00. The molecule has 2 N–H and O–H groups in total. The molecule has 2 fully saturated rings. The van der Waals surface area contributed by atoms with Gasteiger partial charge in [-0.05, 0) is 38.8 Å². The third-order valence-electron chi connectivity index (χ3n) is 3.01. The highest BCUT2D eigenvalue weighted by atomic mass is 32.2. The summed E-state index contributed by atoms with van der Waals surface area (Å²) < 4.78 is 25.7. The Morgan fingerprint density at radius 3 is 2.31 bits per heavy atom. The molecule has 0 aromatic heterocycles.